The minimum Gasteiger partial charge on any atom is -0.379 e. The number of ether oxygens (including phenoxy) is 1. The monoisotopic (exact) mass is 248 g/mol. The van der Waals surface area contributed by atoms with Crippen LogP contribution in [0, 0.1) is 5.41 Å². The Balaban J connectivity index is 1.78. The summed E-state index contributed by atoms with van der Waals surface area (Å²) in [5.41, 5.74) is 0.242. The van der Waals surface area contributed by atoms with E-state index in [1.807, 2.05) is 6.20 Å². The summed E-state index contributed by atoms with van der Waals surface area (Å²) in [5, 5.41) is 3.50. The molecule has 0 aromatic carbocycles. The number of nitrogens with zero attached hydrogens (tertiary/aromatic N) is 3. The van der Waals surface area contributed by atoms with Gasteiger partial charge >= 0.3 is 0 Å². The van der Waals surface area contributed by atoms with Gasteiger partial charge in [-0.2, -0.15) is 0 Å². The lowest BCUT2D eigenvalue weighted by Gasteiger charge is -2.39. The summed E-state index contributed by atoms with van der Waals surface area (Å²) in [6.07, 6.45) is 7.78. The number of aromatic nitrogens is 2. The topological polar surface area (TPSA) is 50.3 Å². The summed E-state index contributed by atoms with van der Waals surface area (Å²) in [4.78, 5) is 10.9. The highest BCUT2D eigenvalue weighted by molar-refractivity contribution is 5.36. The van der Waals surface area contributed by atoms with E-state index in [2.05, 4.69) is 20.2 Å². The van der Waals surface area contributed by atoms with Crippen LogP contribution in [0.1, 0.15) is 12.8 Å². The third-order valence-corrected chi connectivity index (χ3v) is 3.87. The normalized spacial score (nSPS) is 29.2. The molecule has 0 saturated carbocycles. The molecule has 0 unspecified atom stereocenters. The van der Waals surface area contributed by atoms with E-state index in [0.717, 1.165) is 45.2 Å². The summed E-state index contributed by atoms with van der Waals surface area (Å²) < 4.78 is 5.81. The second-order valence-corrected chi connectivity index (χ2v) is 5.32. The predicted octanol–water partition coefficient (Wildman–Crippen LogP) is 0.683. The van der Waals surface area contributed by atoms with Crippen molar-refractivity contribution in [1.82, 2.24) is 15.3 Å². The standard InChI is InChI=1S/C13H20N4O/c1-2-13(9-15-3-1)10-17(6-7-18-11-13)12-8-14-4-5-16-12/h4-5,8,15H,1-3,6-7,9-11H2/t13-/m1/s1. The summed E-state index contributed by atoms with van der Waals surface area (Å²) >= 11 is 0. The first kappa shape index (κ1) is 11.9. The summed E-state index contributed by atoms with van der Waals surface area (Å²) in [7, 11) is 0. The molecule has 2 fully saturated rings. The molecule has 98 valence electrons. The Bertz CT molecular complexity index is 378. The van der Waals surface area contributed by atoms with Crippen molar-refractivity contribution in [3.8, 4) is 0 Å². The molecular weight excluding hydrogens is 228 g/mol. The molecule has 0 aliphatic carbocycles. The van der Waals surface area contributed by atoms with Crippen molar-refractivity contribution in [2.45, 2.75) is 12.8 Å². The van der Waals surface area contributed by atoms with E-state index in [4.69, 9.17) is 4.74 Å². The molecule has 3 rings (SSSR count). The smallest absolute Gasteiger partial charge is 0.147 e. The van der Waals surface area contributed by atoms with Gasteiger partial charge in [-0.15, -0.1) is 0 Å². The third kappa shape index (κ3) is 2.47. The molecular formula is C13H20N4O. The third-order valence-electron chi connectivity index (χ3n) is 3.87. The molecule has 18 heavy (non-hydrogen) atoms. The maximum absolute atomic E-state index is 5.81. The molecule has 1 N–H and O–H groups in total. The van der Waals surface area contributed by atoms with Gasteiger partial charge in [0, 0.05) is 37.4 Å². The Labute approximate surface area is 108 Å². The van der Waals surface area contributed by atoms with E-state index < -0.39 is 0 Å². The zero-order valence-corrected chi connectivity index (χ0v) is 10.6. The largest absolute Gasteiger partial charge is 0.379 e. The average molecular weight is 248 g/mol. The van der Waals surface area contributed by atoms with Crippen molar-refractivity contribution in [2.24, 2.45) is 5.41 Å². The van der Waals surface area contributed by atoms with Crippen molar-refractivity contribution in [2.75, 3.05) is 44.3 Å². The lowest BCUT2D eigenvalue weighted by atomic mass is 9.81. The van der Waals surface area contributed by atoms with Crippen LogP contribution in [0.3, 0.4) is 0 Å². The first-order chi connectivity index (χ1) is 8.88. The van der Waals surface area contributed by atoms with E-state index >= 15 is 0 Å². The van der Waals surface area contributed by atoms with E-state index in [1.54, 1.807) is 12.4 Å². The summed E-state index contributed by atoms with van der Waals surface area (Å²) in [6.45, 7) is 5.73. The molecule has 5 heteroatoms. The second kappa shape index (κ2) is 5.20. The summed E-state index contributed by atoms with van der Waals surface area (Å²) in [6, 6.07) is 0. The zero-order valence-electron chi connectivity index (χ0n) is 10.6. The van der Waals surface area contributed by atoms with Gasteiger partial charge in [-0.1, -0.05) is 0 Å². The van der Waals surface area contributed by atoms with Gasteiger partial charge in [-0.25, -0.2) is 4.98 Å². The van der Waals surface area contributed by atoms with Crippen LogP contribution < -0.4 is 10.2 Å². The molecule has 5 nitrogen and oxygen atoms in total. The van der Waals surface area contributed by atoms with Crippen molar-refractivity contribution >= 4 is 5.82 Å². The van der Waals surface area contributed by atoms with Gasteiger partial charge in [0.25, 0.3) is 0 Å². The fourth-order valence-electron chi connectivity index (χ4n) is 2.93. The number of piperidine rings is 1. The average Bonchev–Trinajstić information content (AvgIpc) is 2.64. The first-order valence-corrected chi connectivity index (χ1v) is 6.67. The fraction of sp³-hybridized carbons (Fsp3) is 0.692. The fourth-order valence-corrected chi connectivity index (χ4v) is 2.93. The molecule has 1 atom stereocenters. The second-order valence-electron chi connectivity index (χ2n) is 5.32. The minimum absolute atomic E-state index is 0.242. The van der Waals surface area contributed by atoms with Crippen LogP contribution in [0.2, 0.25) is 0 Å². The van der Waals surface area contributed by atoms with Gasteiger partial charge in [-0.05, 0) is 19.4 Å². The number of hydrogen-bond acceptors (Lipinski definition) is 5. The predicted molar refractivity (Wildman–Crippen MR) is 69.6 cm³/mol. The number of rotatable bonds is 1. The van der Waals surface area contributed by atoms with Gasteiger partial charge in [-0.3, -0.25) is 4.98 Å². The highest BCUT2D eigenvalue weighted by Crippen LogP contribution is 2.30. The molecule has 0 bridgehead atoms. The SMILES string of the molecule is c1cnc(N2CCOC[C@@]3(CCCNC3)C2)cn1. The molecule has 0 radical (unpaired) electrons. The van der Waals surface area contributed by atoms with Crippen molar-refractivity contribution < 1.29 is 4.74 Å². The molecule has 1 aromatic heterocycles. The van der Waals surface area contributed by atoms with Crippen molar-refractivity contribution in [1.29, 1.82) is 0 Å². The lowest BCUT2D eigenvalue weighted by molar-refractivity contribution is 0.0536. The molecule has 3 heterocycles. The first-order valence-electron chi connectivity index (χ1n) is 6.67. The van der Waals surface area contributed by atoms with Gasteiger partial charge in [0.2, 0.25) is 0 Å². The Hall–Kier alpha value is -1.20. The molecule has 2 saturated heterocycles. The molecule has 1 spiro atoms. The van der Waals surface area contributed by atoms with Gasteiger partial charge < -0.3 is 15.0 Å². The van der Waals surface area contributed by atoms with Crippen LogP contribution in [-0.4, -0.2) is 49.4 Å². The van der Waals surface area contributed by atoms with Crippen LogP contribution in [0.5, 0.6) is 0 Å². The Morgan fingerprint density at radius 2 is 2.39 bits per heavy atom. The highest BCUT2D eigenvalue weighted by atomic mass is 16.5. The Kier molecular flexibility index (Phi) is 3.43. The lowest BCUT2D eigenvalue weighted by Crippen LogP contribution is -2.49. The van der Waals surface area contributed by atoms with Gasteiger partial charge in [0.1, 0.15) is 5.82 Å². The van der Waals surface area contributed by atoms with Crippen LogP contribution >= 0.6 is 0 Å². The van der Waals surface area contributed by atoms with Crippen LogP contribution in [0.15, 0.2) is 18.6 Å². The van der Waals surface area contributed by atoms with Crippen LogP contribution in [0.4, 0.5) is 5.82 Å². The summed E-state index contributed by atoms with van der Waals surface area (Å²) in [5.74, 6) is 0.966. The quantitative estimate of drug-likeness (QED) is 0.792. The maximum Gasteiger partial charge on any atom is 0.147 e. The number of anilines is 1. The van der Waals surface area contributed by atoms with E-state index in [0.29, 0.717) is 0 Å². The van der Waals surface area contributed by atoms with E-state index in [9.17, 15) is 0 Å². The number of nitrogens with one attached hydrogen (secondary N) is 1. The van der Waals surface area contributed by atoms with Crippen LogP contribution in [0.25, 0.3) is 0 Å². The molecule has 1 aromatic rings. The zero-order chi connectivity index (χ0) is 12.3. The maximum atomic E-state index is 5.81. The van der Waals surface area contributed by atoms with E-state index in [1.165, 1.54) is 12.8 Å². The highest BCUT2D eigenvalue weighted by Gasteiger charge is 2.36. The van der Waals surface area contributed by atoms with E-state index in [-0.39, 0.29) is 5.41 Å². The Morgan fingerprint density at radius 1 is 1.39 bits per heavy atom. The van der Waals surface area contributed by atoms with Crippen LogP contribution in [-0.2, 0) is 4.74 Å². The van der Waals surface area contributed by atoms with Gasteiger partial charge in [0.15, 0.2) is 0 Å². The molecule has 2 aliphatic rings. The van der Waals surface area contributed by atoms with Gasteiger partial charge in [0.05, 0.1) is 19.4 Å². The molecule has 2 aliphatic heterocycles. The van der Waals surface area contributed by atoms with Crippen molar-refractivity contribution in [3.05, 3.63) is 18.6 Å². The molecule has 0 amide bonds. The number of hydrogen-bond donors (Lipinski definition) is 1. The van der Waals surface area contributed by atoms with Crippen molar-refractivity contribution in [3.63, 3.8) is 0 Å². The minimum atomic E-state index is 0.242. The Morgan fingerprint density at radius 3 is 3.17 bits per heavy atom.